The third kappa shape index (κ3) is 14.3. The molecule has 2 unspecified atom stereocenters. The number of esters is 1. The Labute approximate surface area is 161 Å². The minimum Gasteiger partial charge on any atom is -0.469 e. The second-order valence-electron chi connectivity index (χ2n) is 7.57. The van der Waals surface area contributed by atoms with Crippen LogP contribution < -0.4 is 0 Å². The number of ether oxygens (including phenoxy) is 1. The Morgan fingerprint density at radius 3 is 1.73 bits per heavy atom. The minimum atomic E-state index is -0.823. The molecule has 4 heteroatoms. The lowest BCUT2D eigenvalue weighted by Crippen LogP contribution is -2.25. The Hall–Kier alpha value is -0.900. The Morgan fingerprint density at radius 1 is 0.808 bits per heavy atom. The molecule has 0 aliphatic heterocycles. The van der Waals surface area contributed by atoms with Crippen LogP contribution in [0.15, 0.2) is 0 Å². The van der Waals surface area contributed by atoms with Crippen LogP contribution in [0, 0.1) is 5.92 Å². The molecule has 2 atom stereocenters. The fourth-order valence-corrected chi connectivity index (χ4v) is 3.41. The van der Waals surface area contributed by atoms with E-state index in [9.17, 15) is 14.7 Å². The number of aliphatic hydroxyl groups is 1. The summed E-state index contributed by atoms with van der Waals surface area (Å²) in [6.07, 6.45) is 15.4. The quantitative estimate of drug-likeness (QED) is 0.252. The molecule has 0 heterocycles. The number of Topliss-reactive ketones (excluding diaryl/α,β-unsaturated/α-hetero) is 1. The molecule has 1 N–H and O–H groups in total. The standard InChI is InChI=1S/C22H42O4/c1-4-5-6-13-16-20(22(25)19(2)23)17-14-11-9-7-8-10-12-15-18-21(24)26-3/h19-20,23H,4-18H2,1-3H3. The number of methoxy groups -OCH3 is 1. The molecule has 154 valence electrons. The van der Waals surface area contributed by atoms with Gasteiger partial charge in [-0.05, 0) is 26.2 Å². The average molecular weight is 371 g/mol. The molecule has 0 rings (SSSR count). The third-order valence-corrected chi connectivity index (χ3v) is 5.13. The van der Waals surface area contributed by atoms with Crippen molar-refractivity contribution in [3.8, 4) is 0 Å². The summed E-state index contributed by atoms with van der Waals surface area (Å²) < 4.78 is 4.63. The molecule has 0 saturated heterocycles. The SMILES string of the molecule is CCCCCCC(CCCCCCCCCCC(=O)OC)C(=O)C(C)O. The molecule has 0 amide bonds. The van der Waals surface area contributed by atoms with Crippen molar-refractivity contribution in [2.75, 3.05) is 7.11 Å². The smallest absolute Gasteiger partial charge is 0.305 e. The number of carbonyl (C=O) groups is 2. The maximum absolute atomic E-state index is 12.2. The van der Waals surface area contributed by atoms with Crippen molar-refractivity contribution < 1.29 is 19.4 Å². The van der Waals surface area contributed by atoms with Gasteiger partial charge in [0.1, 0.15) is 6.10 Å². The van der Waals surface area contributed by atoms with Gasteiger partial charge in [-0.3, -0.25) is 9.59 Å². The Morgan fingerprint density at radius 2 is 1.27 bits per heavy atom. The first kappa shape index (κ1) is 25.1. The van der Waals surface area contributed by atoms with Crippen molar-refractivity contribution in [2.45, 2.75) is 116 Å². The van der Waals surface area contributed by atoms with E-state index in [1.54, 1.807) is 6.92 Å². The maximum atomic E-state index is 12.2. The van der Waals surface area contributed by atoms with Crippen LogP contribution in [0.2, 0.25) is 0 Å². The van der Waals surface area contributed by atoms with Gasteiger partial charge in [0, 0.05) is 12.3 Å². The van der Waals surface area contributed by atoms with E-state index in [4.69, 9.17) is 0 Å². The summed E-state index contributed by atoms with van der Waals surface area (Å²) >= 11 is 0. The predicted molar refractivity (Wildman–Crippen MR) is 107 cm³/mol. The van der Waals surface area contributed by atoms with E-state index in [-0.39, 0.29) is 17.7 Å². The van der Waals surface area contributed by atoms with E-state index >= 15 is 0 Å². The van der Waals surface area contributed by atoms with Gasteiger partial charge in [-0.25, -0.2) is 0 Å². The molecule has 0 saturated carbocycles. The second kappa shape index (κ2) is 17.5. The number of rotatable bonds is 18. The van der Waals surface area contributed by atoms with Crippen LogP contribution in [0.25, 0.3) is 0 Å². The van der Waals surface area contributed by atoms with Gasteiger partial charge in [0.2, 0.25) is 0 Å². The van der Waals surface area contributed by atoms with Crippen LogP contribution in [-0.4, -0.2) is 30.1 Å². The highest BCUT2D eigenvalue weighted by atomic mass is 16.5. The van der Waals surface area contributed by atoms with E-state index in [2.05, 4.69) is 11.7 Å². The van der Waals surface area contributed by atoms with Gasteiger partial charge in [0.25, 0.3) is 0 Å². The van der Waals surface area contributed by atoms with Crippen molar-refractivity contribution in [1.82, 2.24) is 0 Å². The summed E-state index contributed by atoms with van der Waals surface area (Å²) in [7, 11) is 1.44. The normalized spacial score (nSPS) is 13.4. The number of aliphatic hydroxyl groups excluding tert-OH is 1. The number of hydrogen-bond donors (Lipinski definition) is 1. The topological polar surface area (TPSA) is 63.6 Å². The van der Waals surface area contributed by atoms with Crippen molar-refractivity contribution in [2.24, 2.45) is 5.92 Å². The zero-order chi connectivity index (χ0) is 19.6. The first-order valence-corrected chi connectivity index (χ1v) is 10.8. The van der Waals surface area contributed by atoms with E-state index in [0.29, 0.717) is 6.42 Å². The monoisotopic (exact) mass is 370 g/mol. The molecule has 26 heavy (non-hydrogen) atoms. The van der Waals surface area contributed by atoms with Crippen LogP contribution in [0.4, 0.5) is 0 Å². The lowest BCUT2D eigenvalue weighted by atomic mass is 9.89. The van der Waals surface area contributed by atoms with Crippen LogP contribution >= 0.6 is 0 Å². The third-order valence-electron chi connectivity index (χ3n) is 5.13. The molecule has 0 bridgehead atoms. The first-order chi connectivity index (χ1) is 12.5. The summed E-state index contributed by atoms with van der Waals surface area (Å²) in [4.78, 5) is 23.2. The molecule has 0 aromatic heterocycles. The molecule has 0 aliphatic carbocycles. The molecule has 0 radical (unpaired) electrons. The molecule has 0 aromatic carbocycles. The molecular weight excluding hydrogens is 328 g/mol. The van der Waals surface area contributed by atoms with Crippen molar-refractivity contribution >= 4 is 11.8 Å². The molecule has 0 spiro atoms. The van der Waals surface area contributed by atoms with Crippen molar-refractivity contribution in [3.63, 3.8) is 0 Å². The highest BCUT2D eigenvalue weighted by Crippen LogP contribution is 2.21. The van der Waals surface area contributed by atoms with E-state index in [1.165, 1.54) is 58.5 Å². The lowest BCUT2D eigenvalue weighted by molar-refractivity contribution is -0.140. The summed E-state index contributed by atoms with van der Waals surface area (Å²) in [6.45, 7) is 3.79. The fraction of sp³-hybridized carbons (Fsp3) is 0.909. The lowest BCUT2D eigenvalue weighted by Gasteiger charge is -2.17. The van der Waals surface area contributed by atoms with Crippen LogP contribution in [-0.2, 0) is 14.3 Å². The van der Waals surface area contributed by atoms with Gasteiger partial charge >= 0.3 is 5.97 Å². The van der Waals surface area contributed by atoms with Gasteiger partial charge in [-0.15, -0.1) is 0 Å². The van der Waals surface area contributed by atoms with Gasteiger partial charge in [-0.2, -0.15) is 0 Å². The second-order valence-corrected chi connectivity index (χ2v) is 7.57. The van der Waals surface area contributed by atoms with Crippen molar-refractivity contribution in [3.05, 3.63) is 0 Å². The van der Waals surface area contributed by atoms with Crippen LogP contribution in [0.5, 0.6) is 0 Å². The number of ketones is 1. The summed E-state index contributed by atoms with van der Waals surface area (Å²) in [6, 6.07) is 0. The number of unbranched alkanes of at least 4 members (excludes halogenated alkanes) is 10. The summed E-state index contributed by atoms with van der Waals surface area (Å²) in [5.74, 6) is -0.0294. The van der Waals surface area contributed by atoms with E-state index in [1.807, 2.05) is 0 Å². The molecule has 0 aromatic rings. The Bertz CT molecular complexity index is 352. The Balaban J connectivity index is 3.71. The summed E-state index contributed by atoms with van der Waals surface area (Å²) in [5.41, 5.74) is 0. The number of carbonyl (C=O) groups excluding carboxylic acids is 2. The first-order valence-electron chi connectivity index (χ1n) is 10.8. The van der Waals surface area contributed by atoms with Gasteiger partial charge < -0.3 is 9.84 Å². The zero-order valence-electron chi connectivity index (χ0n) is 17.4. The highest BCUT2D eigenvalue weighted by molar-refractivity contribution is 5.84. The average Bonchev–Trinajstić information content (AvgIpc) is 2.63. The zero-order valence-corrected chi connectivity index (χ0v) is 17.4. The minimum absolute atomic E-state index is 0.0344. The van der Waals surface area contributed by atoms with Gasteiger partial charge in [-0.1, -0.05) is 77.6 Å². The van der Waals surface area contributed by atoms with Gasteiger partial charge in [0.15, 0.2) is 5.78 Å². The van der Waals surface area contributed by atoms with E-state index in [0.717, 1.165) is 38.5 Å². The largest absolute Gasteiger partial charge is 0.469 e. The Kier molecular flexibility index (Phi) is 16.9. The van der Waals surface area contributed by atoms with Crippen LogP contribution in [0.1, 0.15) is 110 Å². The number of hydrogen-bond acceptors (Lipinski definition) is 4. The molecule has 0 aliphatic rings. The fourth-order valence-electron chi connectivity index (χ4n) is 3.41. The molecular formula is C22H42O4. The van der Waals surface area contributed by atoms with Crippen LogP contribution in [0.3, 0.4) is 0 Å². The van der Waals surface area contributed by atoms with Crippen molar-refractivity contribution in [1.29, 1.82) is 0 Å². The predicted octanol–water partition coefficient (Wildman–Crippen LogP) is 5.60. The van der Waals surface area contributed by atoms with Gasteiger partial charge in [0.05, 0.1) is 7.11 Å². The molecule has 4 nitrogen and oxygen atoms in total. The highest BCUT2D eigenvalue weighted by Gasteiger charge is 2.21. The molecule has 0 fully saturated rings. The maximum Gasteiger partial charge on any atom is 0.305 e. The summed E-state index contributed by atoms with van der Waals surface area (Å²) in [5, 5.41) is 9.61. The van der Waals surface area contributed by atoms with E-state index < -0.39 is 6.10 Å².